The number of likely N-dealkylation sites (tertiary alicyclic amines) is 2. The Morgan fingerprint density at radius 1 is 0.576 bits per heavy atom. The minimum Gasteiger partial charge on any atom is -0.347 e. The van der Waals surface area contributed by atoms with Gasteiger partial charge in [-0.3, -0.25) is 38.4 Å². The van der Waals surface area contributed by atoms with Crippen LogP contribution in [-0.4, -0.2) is 150 Å². The lowest BCUT2D eigenvalue weighted by molar-refractivity contribution is -0.144. The first-order chi connectivity index (χ1) is 40.7. The number of fused-ring (bicyclic) bond motifs is 2. The molecule has 24 nitrogen and oxygen atoms in total. The first kappa shape index (κ1) is 61.2. The normalized spacial score (nSPS) is 21.5. The maximum atomic E-state index is 14.7. The molecule has 2 aliphatic heterocycles. The molecule has 5 aromatic rings. The number of likely N-dealkylation sites (N-methyl/N-ethyl adjacent to an activating group) is 2. The average molecular weight is 1170 g/mol. The molecule has 10 atom stereocenters. The Labute approximate surface area is 495 Å². The van der Waals surface area contributed by atoms with Crippen LogP contribution < -0.4 is 42.5 Å². The quantitative estimate of drug-likeness (QED) is 0.0556. The second-order valence-corrected chi connectivity index (χ2v) is 24.0. The lowest BCUT2D eigenvalue weighted by Crippen LogP contribution is -2.59. The molecule has 4 aliphatic rings. The van der Waals surface area contributed by atoms with Crippen LogP contribution in [0.3, 0.4) is 0 Å². The molecule has 10 unspecified atom stereocenters. The number of aromatic nitrogens is 6. The van der Waals surface area contributed by atoms with Crippen LogP contribution in [0.4, 0.5) is 0 Å². The van der Waals surface area contributed by atoms with E-state index in [-0.39, 0.29) is 91.8 Å². The highest BCUT2D eigenvalue weighted by Gasteiger charge is 2.47. The smallest absolute Gasteiger partial charge is 0.251 e. The monoisotopic (exact) mass is 1160 g/mol. The molecule has 8 amide bonds. The summed E-state index contributed by atoms with van der Waals surface area (Å²) in [6, 6.07) is 16.3. The summed E-state index contributed by atoms with van der Waals surface area (Å²) in [5, 5.41) is 41.1. The summed E-state index contributed by atoms with van der Waals surface area (Å²) in [4.78, 5) is 114. The topological polar surface area (TPSA) is 301 Å². The summed E-state index contributed by atoms with van der Waals surface area (Å²) in [5.41, 5.74) is 5.05. The third-order valence-corrected chi connectivity index (χ3v) is 17.0. The summed E-state index contributed by atoms with van der Waals surface area (Å²) < 4.78 is 3.20. The van der Waals surface area contributed by atoms with E-state index in [0.717, 1.165) is 49.7 Å². The fourth-order valence-corrected chi connectivity index (χ4v) is 11.8. The molecule has 0 bridgehead atoms. The molecule has 0 spiro atoms. The van der Waals surface area contributed by atoms with Crippen molar-refractivity contribution in [3.8, 4) is 0 Å². The zero-order valence-electron chi connectivity index (χ0n) is 49.7. The average Bonchev–Trinajstić information content (AvgIpc) is 2.82. The molecule has 2 aromatic heterocycles. The summed E-state index contributed by atoms with van der Waals surface area (Å²) in [7, 11) is 3.32. The van der Waals surface area contributed by atoms with Gasteiger partial charge in [-0.2, -0.15) is 0 Å². The molecule has 85 heavy (non-hydrogen) atoms. The number of amides is 8. The number of nitrogens with one attached hydrogen (secondary N) is 8. The number of carbonyl (C=O) groups is 8. The van der Waals surface area contributed by atoms with Crippen molar-refractivity contribution in [3.63, 3.8) is 0 Å². The Bertz CT molecular complexity index is 3280. The molecule has 0 saturated carbocycles. The van der Waals surface area contributed by atoms with Gasteiger partial charge in [0.05, 0.1) is 61.7 Å². The van der Waals surface area contributed by atoms with Gasteiger partial charge in [-0.1, -0.05) is 85.8 Å². The Balaban J connectivity index is 0.818. The van der Waals surface area contributed by atoms with Gasteiger partial charge in [0.1, 0.15) is 35.6 Å². The van der Waals surface area contributed by atoms with Crippen LogP contribution in [0.5, 0.6) is 0 Å². The van der Waals surface area contributed by atoms with Crippen LogP contribution in [0.25, 0.3) is 0 Å². The maximum Gasteiger partial charge on any atom is 0.251 e. The number of benzene rings is 3. The highest BCUT2D eigenvalue weighted by atomic mass is 16.2. The van der Waals surface area contributed by atoms with E-state index in [9.17, 15) is 38.4 Å². The Morgan fingerprint density at radius 2 is 1.02 bits per heavy atom. The van der Waals surface area contributed by atoms with Crippen molar-refractivity contribution in [2.45, 2.75) is 166 Å². The molecule has 2 aliphatic carbocycles. The Hall–Kier alpha value is -8.38. The first-order valence-corrected chi connectivity index (χ1v) is 29.5. The van der Waals surface area contributed by atoms with E-state index in [1.54, 1.807) is 79.7 Å². The van der Waals surface area contributed by atoms with Gasteiger partial charge in [0.25, 0.3) is 11.8 Å². The third kappa shape index (κ3) is 14.2. The van der Waals surface area contributed by atoms with E-state index >= 15 is 0 Å². The van der Waals surface area contributed by atoms with Crippen LogP contribution in [-0.2, 0) is 54.7 Å². The van der Waals surface area contributed by atoms with Crippen LogP contribution in [0.1, 0.15) is 159 Å². The fraction of sp³-hybridized carbons (Fsp3) is 0.508. The van der Waals surface area contributed by atoms with Gasteiger partial charge in [-0.25, -0.2) is 9.36 Å². The second kappa shape index (κ2) is 26.7. The summed E-state index contributed by atoms with van der Waals surface area (Å²) in [6.07, 6.45) is 8.98. The molecular weight excluding hydrogens is 1080 g/mol. The second-order valence-electron chi connectivity index (χ2n) is 24.0. The van der Waals surface area contributed by atoms with Gasteiger partial charge in [0.15, 0.2) is 0 Å². The van der Waals surface area contributed by atoms with Crippen molar-refractivity contribution in [1.82, 2.24) is 82.3 Å². The van der Waals surface area contributed by atoms with Crippen molar-refractivity contribution in [2.75, 3.05) is 27.2 Å². The molecule has 8 N–H and O–H groups in total. The van der Waals surface area contributed by atoms with Crippen molar-refractivity contribution in [3.05, 3.63) is 130 Å². The van der Waals surface area contributed by atoms with Gasteiger partial charge in [-0.05, 0) is 119 Å². The van der Waals surface area contributed by atoms with E-state index in [1.807, 2.05) is 57.2 Å². The van der Waals surface area contributed by atoms with E-state index in [0.29, 0.717) is 11.4 Å². The van der Waals surface area contributed by atoms with Crippen LogP contribution in [0.2, 0.25) is 0 Å². The lowest BCUT2D eigenvalue weighted by atomic mass is 9.85. The summed E-state index contributed by atoms with van der Waals surface area (Å²) in [6.45, 7) is 10.8. The van der Waals surface area contributed by atoms with Gasteiger partial charge in [0.2, 0.25) is 35.4 Å². The van der Waals surface area contributed by atoms with Gasteiger partial charge in [-0.15, -0.1) is 10.2 Å². The maximum absolute atomic E-state index is 14.7. The van der Waals surface area contributed by atoms with Gasteiger partial charge in [0, 0.05) is 37.1 Å². The number of nitrogens with zero attached hydrogens (tertiary/aromatic N) is 8. The van der Waals surface area contributed by atoms with Gasteiger partial charge < -0.3 is 52.3 Å². The van der Waals surface area contributed by atoms with Crippen LogP contribution in [0.15, 0.2) is 85.2 Å². The minimum atomic E-state index is -0.947. The third-order valence-electron chi connectivity index (χ3n) is 17.0. The first-order valence-electron chi connectivity index (χ1n) is 29.5. The molecule has 2 saturated heterocycles. The number of hydrogen-bond donors (Lipinski definition) is 8. The van der Waals surface area contributed by atoms with Gasteiger partial charge >= 0.3 is 0 Å². The van der Waals surface area contributed by atoms with Crippen molar-refractivity contribution >= 4 is 47.3 Å². The zero-order chi connectivity index (χ0) is 60.7. The highest BCUT2D eigenvalue weighted by Crippen LogP contribution is 2.35. The summed E-state index contributed by atoms with van der Waals surface area (Å²) >= 11 is 0. The molecule has 4 heterocycles. The van der Waals surface area contributed by atoms with E-state index < -0.39 is 71.5 Å². The number of aryl methyl sites for hydroxylation is 2. The molecule has 452 valence electrons. The molecule has 3 aromatic carbocycles. The SMILES string of the molecule is CNC(C)C(=O)NC(C)C(=O)N1CC(n2cc(CNC(=O)c3cccc(C(=O)NCc4cn(C5CC(C(=O)NC6CCCc7ccccc76)N(C(=O)C(NC(=O)C(C)NC)C(C)(C)C)C5)nn4)c3)nn2)CC1C(=O)NC1CCCc2ccccc21. The van der Waals surface area contributed by atoms with Crippen molar-refractivity contribution in [2.24, 2.45) is 5.41 Å². The van der Waals surface area contributed by atoms with Crippen molar-refractivity contribution in [1.29, 1.82) is 0 Å². The Kier molecular flexibility index (Phi) is 19.2. The standard InChI is InChI=1S/C61H80N16O8/c1-35(62-7)53(78)66-37(3)59(84)74-33-44(27-50(74)57(82)67-48-24-14-18-38-16-9-11-22-46(38)48)76-31-42(70-72-76)29-64-55(80)40-20-13-21-41(26-40)56(81)65-30-43-32-77(73-71-43)45-28-51(58(83)68-49-25-15-19-39-17-10-12-23-47(39)49)75(34-45)60(85)52(61(4,5)6)69-54(79)36(2)63-8/h9-13,16-17,20-23,26,31-32,35-37,44-45,48-52,62-63H,14-15,18-19,24-25,27-30,33-34H2,1-8H3,(H,64,80)(H,65,81)(H,66,78)(H,67,82)(H,68,83)(H,69,79). The largest absolute Gasteiger partial charge is 0.347 e. The molecule has 2 fully saturated rings. The highest BCUT2D eigenvalue weighted by molar-refractivity contribution is 6.00. The molecule has 9 rings (SSSR count). The minimum absolute atomic E-state index is 0.0188. The molecule has 24 heteroatoms. The lowest BCUT2D eigenvalue weighted by Gasteiger charge is -2.36. The summed E-state index contributed by atoms with van der Waals surface area (Å²) in [5.74, 6) is -3.04. The van der Waals surface area contributed by atoms with Crippen molar-refractivity contribution < 1.29 is 38.4 Å². The van der Waals surface area contributed by atoms with E-state index in [4.69, 9.17) is 0 Å². The molecular formula is C61H80N16O8. The van der Waals surface area contributed by atoms with E-state index in [1.165, 1.54) is 22.1 Å². The zero-order valence-corrected chi connectivity index (χ0v) is 49.7. The Morgan fingerprint density at radius 3 is 1.48 bits per heavy atom. The number of carbonyl (C=O) groups excluding carboxylic acids is 8. The van der Waals surface area contributed by atoms with E-state index in [2.05, 4.69) is 75.3 Å². The number of hydrogen-bond acceptors (Lipinski definition) is 14. The predicted octanol–water partition coefficient (Wildman–Crippen LogP) is 2.65. The van der Waals surface area contributed by atoms with Crippen LogP contribution in [0, 0.1) is 5.41 Å². The predicted molar refractivity (Wildman–Crippen MR) is 314 cm³/mol. The fourth-order valence-electron chi connectivity index (χ4n) is 11.8. The molecule has 0 radical (unpaired) electrons. The number of rotatable bonds is 20. The van der Waals surface area contributed by atoms with Crippen LogP contribution >= 0.6 is 0 Å².